The van der Waals surface area contributed by atoms with Crippen LogP contribution in [0.5, 0.6) is 0 Å². The molecule has 2 N–H and O–H groups in total. The summed E-state index contributed by atoms with van der Waals surface area (Å²) in [6.45, 7) is 3.41. The lowest BCUT2D eigenvalue weighted by molar-refractivity contribution is 0.161. The van der Waals surface area contributed by atoms with Gasteiger partial charge in [-0.05, 0) is 24.4 Å². The third-order valence-corrected chi connectivity index (χ3v) is 4.96. The highest BCUT2D eigenvalue weighted by molar-refractivity contribution is 7.89. The molecule has 0 amide bonds. The Kier molecular flexibility index (Phi) is 6.24. The highest BCUT2D eigenvalue weighted by Gasteiger charge is 2.19. The van der Waals surface area contributed by atoms with Gasteiger partial charge in [0, 0.05) is 31.7 Å². The maximum atomic E-state index is 12.1. The Labute approximate surface area is 113 Å². The Morgan fingerprint density at radius 2 is 2.22 bits per heavy atom. The fourth-order valence-corrected chi connectivity index (χ4v) is 4.15. The predicted octanol–water partition coefficient (Wildman–Crippen LogP) is 1.03. The summed E-state index contributed by atoms with van der Waals surface area (Å²) in [6, 6.07) is 1.64. The second-order valence-electron chi connectivity index (χ2n) is 4.15. The summed E-state index contributed by atoms with van der Waals surface area (Å²) in [7, 11) is -0.0164. The van der Waals surface area contributed by atoms with Crippen molar-refractivity contribution in [1.29, 1.82) is 0 Å². The first-order valence-corrected chi connectivity index (χ1v) is 8.07. The number of hydrogen-bond acceptors (Lipinski definition) is 5. The Balaban J connectivity index is 2.71. The normalized spacial score (nSPS) is 13.7. The number of rotatable bonds is 8. The van der Waals surface area contributed by atoms with Crippen molar-refractivity contribution in [1.82, 2.24) is 10.0 Å². The Morgan fingerprint density at radius 1 is 1.50 bits per heavy atom. The molecule has 5 nitrogen and oxygen atoms in total. The highest BCUT2D eigenvalue weighted by atomic mass is 32.2. The van der Waals surface area contributed by atoms with E-state index in [1.165, 1.54) is 11.3 Å². The molecule has 0 aliphatic heterocycles. The van der Waals surface area contributed by atoms with Gasteiger partial charge in [-0.15, -0.1) is 11.3 Å². The lowest BCUT2D eigenvalue weighted by Crippen LogP contribution is -2.30. The third kappa shape index (κ3) is 4.33. The minimum atomic E-state index is -3.42. The Hall–Kier alpha value is -0.470. The molecular weight excluding hydrogens is 272 g/mol. The maximum absolute atomic E-state index is 12.1. The van der Waals surface area contributed by atoms with Crippen molar-refractivity contribution >= 4 is 21.4 Å². The SMILES string of the molecule is CNCc1sccc1S(=O)(=O)NCC(C)COC. The van der Waals surface area contributed by atoms with E-state index in [1.807, 2.05) is 6.92 Å². The van der Waals surface area contributed by atoms with Gasteiger partial charge < -0.3 is 10.1 Å². The van der Waals surface area contributed by atoms with Crippen molar-refractivity contribution in [3.05, 3.63) is 16.3 Å². The molecular formula is C11H20N2O3S2. The van der Waals surface area contributed by atoms with Gasteiger partial charge in [0.25, 0.3) is 0 Å². The molecule has 0 aromatic carbocycles. The quantitative estimate of drug-likeness (QED) is 0.751. The van der Waals surface area contributed by atoms with Crippen LogP contribution >= 0.6 is 11.3 Å². The highest BCUT2D eigenvalue weighted by Crippen LogP contribution is 2.21. The van der Waals surface area contributed by atoms with E-state index in [2.05, 4.69) is 10.0 Å². The van der Waals surface area contributed by atoms with Crippen LogP contribution in [0.2, 0.25) is 0 Å². The smallest absolute Gasteiger partial charge is 0.241 e. The Morgan fingerprint density at radius 3 is 2.83 bits per heavy atom. The van der Waals surface area contributed by atoms with Gasteiger partial charge in [0.15, 0.2) is 0 Å². The zero-order chi connectivity index (χ0) is 13.6. The molecule has 18 heavy (non-hydrogen) atoms. The molecule has 0 saturated heterocycles. The molecule has 1 rings (SSSR count). The number of sulfonamides is 1. The molecule has 7 heteroatoms. The van der Waals surface area contributed by atoms with Gasteiger partial charge in [-0.25, -0.2) is 13.1 Å². The maximum Gasteiger partial charge on any atom is 0.241 e. The summed E-state index contributed by atoms with van der Waals surface area (Å²) in [6.07, 6.45) is 0. The summed E-state index contributed by atoms with van der Waals surface area (Å²) in [5.74, 6) is 0.149. The van der Waals surface area contributed by atoms with Gasteiger partial charge in [0.2, 0.25) is 10.0 Å². The molecule has 0 bridgehead atoms. The van der Waals surface area contributed by atoms with Crippen molar-refractivity contribution < 1.29 is 13.2 Å². The first-order valence-electron chi connectivity index (χ1n) is 5.70. The van der Waals surface area contributed by atoms with Gasteiger partial charge in [-0.1, -0.05) is 6.92 Å². The fraction of sp³-hybridized carbons (Fsp3) is 0.636. The number of methoxy groups -OCH3 is 1. The first-order chi connectivity index (χ1) is 8.51. The predicted molar refractivity (Wildman–Crippen MR) is 73.3 cm³/mol. The molecule has 0 aliphatic rings. The molecule has 0 spiro atoms. The van der Waals surface area contributed by atoms with Crippen molar-refractivity contribution in [2.24, 2.45) is 5.92 Å². The van der Waals surface area contributed by atoms with Crippen molar-refractivity contribution in [3.8, 4) is 0 Å². The van der Waals surface area contributed by atoms with Crippen LogP contribution in [0.3, 0.4) is 0 Å². The Bertz CT molecular complexity index is 457. The van der Waals surface area contributed by atoms with Crippen LogP contribution in [-0.4, -0.2) is 35.7 Å². The zero-order valence-corrected chi connectivity index (χ0v) is 12.5. The molecule has 1 aromatic rings. The summed E-state index contributed by atoms with van der Waals surface area (Å²) in [5, 5.41) is 4.76. The van der Waals surface area contributed by atoms with Crippen LogP contribution in [0.4, 0.5) is 0 Å². The van der Waals surface area contributed by atoms with Gasteiger partial charge in [0.1, 0.15) is 0 Å². The van der Waals surface area contributed by atoms with Gasteiger partial charge in [0.05, 0.1) is 4.90 Å². The van der Waals surface area contributed by atoms with Crippen molar-refractivity contribution in [2.75, 3.05) is 27.3 Å². The van der Waals surface area contributed by atoms with E-state index < -0.39 is 10.0 Å². The average Bonchev–Trinajstić information content (AvgIpc) is 2.77. The van der Waals surface area contributed by atoms with Crippen LogP contribution in [-0.2, 0) is 21.3 Å². The van der Waals surface area contributed by atoms with Gasteiger partial charge >= 0.3 is 0 Å². The second-order valence-corrected chi connectivity index (χ2v) is 6.89. The van der Waals surface area contributed by atoms with Crippen LogP contribution in [0, 0.1) is 5.92 Å². The van der Waals surface area contributed by atoms with E-state index in [-0.39, 0.29) is 5.92 Å². The molecule has 104 valence electrons. The summed E-state index contributed by atoms with van der Waals surface area (Å²) in [4.78, 5) is 1.19. The van der Waals surface area contributed by atoms with E-state index in [1.54, 1.807) is 25.6 Å². The third-order valence-electron chi connectivity index (χ3n) is 2.40. The lowest BCUT2D eigenvalue weighted by Gasteiger charge is -2.12. The summed E-state index contributed by atoms with van der Waals surface area (Å²) >= 11 is 1.44. The standard InChI is InChI=1S/C11H20N2O3S2/c1-9(8-16-3)6-13-18(14,15)11-4-5-17-10(11)7-12-2/h4-5,9,12-13H,6-8H2,1-3H3. The van der Waals surface area contributed by atoms with Crippen LogP contribution in [0.25, 0.3) is 0 Å². The van der Waals surface area contributed by atoms with E-state index in [9.17, 15) is 8.42 Å². The zero-order valence-electron chi connectivity index (χ0n) is 10.9. The largest absolute Gasteiger partial charge is 0.384 e. The molecule has 1 heterocycles. The van der Waals surface area contributed by atoms with E-state index in [4.69, 9.17) is 4.74 Å². The van der Waals surface area contributed by atoms with Gasteiger partial charge in [-0.3, -0.25) is 0 Å². The number of nitrogens with one attached hydrogen (secondary N) is 2. The van der Waals surface area contributed by atoms with Crippen LogP contribution in [0.1, 0.15) is 11.8 Å². The van der Waals surface area contributed by atoms with Gasteiger partial charge in [-0.2, -0.15) is 0 Å². The number of hydrogen-bond donors (Lipinski definition) is 2. The molecule has 0 saturated carbocycles. The minimum absolute atomic E-state index is 0.149. The molecule has 0 aliphatic carbocycles. The molecule has 0 fully saturated rings. The fourth-order valence-electron chi connectivity index (χ4n) is 1.53. The molecule has 1 atom stereocenters. The second kappa shape index (κ2) is 7.20. The summed E-state index contributed by atoms with van der Waals surface area (Å²) < 4.78 is 31.8. The average molecular weight is 292 g/mol. The molecule has 0 radical (unpaired) electrons. The van der Waals surface area contributed by atoms with Crippen LogP contribution in [0.15, 0.2) is 16.3 Å². The lowest BCUT2D eigenvalue weighted by atomic mass is 10.2. The monoisotopic (exact) mass is 292 g/mol. The molecule has 1 aromatic heterocycles. The van der Waals surface area contributed by atoms with Crippen LogP contribution < -0.4 is 10.0 Å². The van der Waals surface area contributed by atoms with E-state index in [0.29, 0.717) is 24.6 Å². The number of ether oxygens (including phenoxy) is 1. The minimum Gasteiger partial charge on any atom is -0.384 e. The van der Waals surface area contributed by atoms with E-state index in [0.717, 1.165) is 4.88 Å². The van der Waals surface area contributed by atoms with E-state index >= 15 is 0 Å². The number of thiophene rings is 1. The first kappa shape index (κ1) is 15.6. The molecule has 1 unspecified atom stereocenters. The van der Waals surface area contributed by atoms with Crippen molar-refractivity contribution in [3.63, 3.8) is 0 Å². The topological polar surface area (TPSA) is 67.4 Å². The summed E-state index contributed by atoms with van der Waals surface area (Å²) in [5.41, 5.74) is 0. The van der Waals surface area contributed by atoms with Crippen molar-refractivity contribution in [2.45, 2.75) is 18.4 Å².